The summed E-state index contributed by atoms with van der Waals surface area (Å²) >= 11 is 1.43. The van der Waals surface area contributed by atoms with E-state index in [1.165, 1.54) is 18.9 Å². The SMILES string of the molecule is CCC1=C(C(=O)OC)[C@@H](c2cc(OC)cc(OC)c2)N2C(CC(=O)NCCc3ccccn3)=CSC2=N1. The smallest absolute Gasteiger partial charge is 0.338 e. The molecule has 2 aliphatic rings. The number of esters is 1. The average molecular weight is 523 g/mol. The predicted octanol–water partition coefficient (Wildman–Crippen LogP) is 3.99. The van der Waals surface area contributed by atoms with Crippen molar-refractivity contribution in [3.63, 3.8) is 0 Å². The summed E-state index contributed by atoms with van der Waals surface area (Å²) in [6.07, 6.45) is 3.04. The van der Waals surface area contributed by atoms with Gasteiger partial charge in [0.2, 0.25) is 5.91 Å². The summed E-state index contributed by atoms with van der Waals surface area (Å²) < 4.78 is 16.2. The summed E-state index contributed by atoms with van der Waals surface area (Å²) in [4.78, 5) is 37.0. The van der Waals surface area contributed by atoms with Gasteiger partial charge in [-0.2, -0.15) is 0 Å². The van der Waals surface area contributed by atoms with Crippen molar-refractivity contribution in [3.8, 4) is 11.5 Å². The third-order valence-electron chi connectivity index (χ3n) is 6.09. The molecule has 3 heterocycles. The van der Waals surface area contributed by atoms with Gasteiger partial charge in [0, 0.05) is 36.6 Å². The van der Waals surface area contributed by atoms with E-state index in [4.69, 9.17) is 19.2 Å². The van der Waals surface area contributed by atoms with E-state index in [0.717, 1.165) is 17.0 Å². The first-order valence-electron chi connectivity index (χ1n) is 11.9. The third-order valence-corrected chi connectivity index (χ3v) is 6.98. The minimum absolute atomic E-state index is 0.127. The topological polar surface area (TPSA) is 102 Å². The molecule has 9 nitrogen and oxygen atoms in total. The van der Waals surface area contributed by atoms with Gasteiger partial charge in [-0.3, -0.25) is 9.78 Å². The number of aliphatic imine (C=N–C) groups is 1. The van der Waals surface area contributed by atoms with Crippen LogP contribution in [-0.2, 0) is 20.7 Å². The number of rotatable bonds is 10. The predicted molar refractivity (Wildman–Crippen MR) is 142 cm³/mol. The summed E-state index contributed by atoms with van der Waals surface area (Å²) in [7, 11) is 4.51. The van der Waals surface area contributed by atoms with Crippen LogP contribution in [0.4, 0.5) is 0 Å². The zero-order valence-corrected chi connectivity index (χ0v) is 22.1. The zero-order valence-electron chi connectivity index (χ0n) is 21.3. The zero-order chi connectivity index (χ0) is 26.4. The number of allylic oxidation sites excluding steroid dienone is 1. The van der Waals surface area contributed by atoms with Crippen molar-refractivity contribution in [1.29, 1.82) is 0 Å². The molecule has 0 unspecified atom stereocenters. The molecule has 0 spiro atoms. The van der Waals surface area contributed by atoms with Crippen molar-refractivity contribution >= 4 is 28.8 Å². The molecule has 0 saturated carbocycles. The Hall–Kier alpha value is -3.79. The Kier molecular flexibility index (Phi) is 8.50. The van der Waals surface area contributed by atoms with Crippen LogP contribution in [0.5, 0.6) is 11.5 Å². The van der Waals surface area contributed by atoms with E-state index >= 15 is 0 Å². The second-order valence-corrected chi connectivity index (χ2v) is 9.18. The first-order valence-corrected chi connectivity index (χ1v) is 12.8. The number of hydrogen-bond acceptors (Lipinski definition) is 9. The molecule has 0 aliphatic carbocycles. The van der Waals surface area contributed by atoms with Gasteiger partial charge in [0.25, 0.3) is 0 Å². The van der Waals surface area contributed by atoms with Crippen molar-refractivity contribution in [1.82, 2.24) is 15.2 Å². The molecular weight excluding hydrogens is 492 g/mol. The second kappa shape index (κ2) is 12.0. The lowest BCUT2D eigenvalue weighted by Gasteiger charge is -2.36. The number of thioether (sulfide) groups is 1. The molecule has 194 valence electrons. The molecule has 0 bridgehead atoms. The fourth-order valence-corrected chi connectivity index (χ4v) is 5.26. The summed E-state index contributed by atoms with van der Waals surface area (Å²) in [6, 6.07) is 10.6. The quantitative estimate of drug-likeness (QED) is 0.468. The minimum atomic E-state index is -0.568. The van der Waals surface area contributed by atoms with Crippen molar-refractivity contribution in [2.45, 2.75) is 32.2 Å². The number of nitrogens with zero attached hydrogens (tertiary/aromatic N) is 3. The maximum absolute atomic E-state index is 13.1. The summed E-state index contributed by atoms with van der Waals surface area (Å²) in [5, 5.41) is 5.58. The normalized spacial score (nSPS) is 16.5. The van der Waals surface area contributed by atoms with E-state index < -0.39 is 12.0 Å². The highest BCUT2D eigenvalue weighted by Crippen LogP contribution is 2.46. The Morgan fingerprint density at radius 2 is 1.86 bits per heavy atom. The lowest BCUT2D eigenvalue weighted by molar-refractivity contribution is -0.136. The first kappa shape index (κ1) is 26.3. The standard InChI is InChI=1S/C27H30N4O5S/c1-5-22-24(26(33)36-4)25(17-12-20(34-2)15-21(13-17)35-3)31-19(16-37-27(31)30-22)14-23(32)29-11-9-18-8-6-7-10-28-18/h6-8,10,12-13,15-16,25H,5,9,11,14H2,1-4H3,(H,29,32)/t25-/m1/s1. The molecule has 0 saturated heterocycles. The van der Waals surface area contributed by atoms with E-state index in [0.29, 0.717) is 47.3 Å². The summed E-state index contributed by atoms with van der Waals surface area (Å²) in [6.45, 7) is 2.42. The number of amides is 1. The van der Waals surface area contributed by atoms with Gasteiger partial charge in [-0.05, 0) is 41.7 Å². The monoisotopic (exact) mass is 522 g/mol. The highest BCUT2D eigenvalue weighted by atomic mass is 32.2. The molecule has 0 radical (unpaired) electrons. The third kappa shape index (κ3) is 5.80. The number of hydrogen-bond donors (Lipinski definition) is 1. The first-order chi connectivity index (χ1) is 18.0. The molecule has 2 aliphatic heterocycles. The molecule has 1 aromatic carbocycles. The highest BCUT2D eigenvalue weighted by molar-refractivity contribution is 8.16. The largest absolute Gasteiger partial charge is 0.497 e. The van der Waals surface area contributed by atoms with Crippen molar-refractivity contribution in [3.05, 3.63) is 76.2 Å². The fraction of sp³-hybridized carbons (Fsp3) is 0.333. The number of nitrogens with one attached hydrogen (secondary N) is 1. The molecule has 1 N–H and O–H groups in total. The second-order valence-electron chi connectivity index (χ2n) is 8.34. The number of ether oxygens (including phenoxy) is 3. The number of pyridine rings is 1. The van der Waals surface area contributed by atoms with E-state index in [-0.39, 0.29) is 12.3 Å². The van der Waals surface area contributed by atoms with E-state index in [9.17, 15) is 9.59 Å². The minimum Gasteiger partial charge on any atom is -0.497 e. The molecule has 37 heavy (non-hydrogen) atoms. The van der Waals surface area contributed by atoms with Crippen LogP contribution in [0.3, 0.4) is 0 Å². The van der Waals surface area contributed by atoms with Gasteiger partial charge in [-0.1, -0.05) is 24.8 Å². The molecular formula is C27H30N4O5S. The van der Waals surface area contributed by atoms with Crippen molar-refractivity contribution < 1.29 is 23.8 Å². The Labute approximate surface area is 220 Å². The van der Waals surface area contributed by atoms with Gasteiger partial charge in [0.15, 0.2) is 5.17 Å². The van der Waals surface area contributed by atoms with Gasteiger partial charge in [-0.15, -0.1) is 0 Å². The van der Waals surface area contributed by atoms with E-state index in [1.807, 2.05) is 47.6 Å². The number of aromatic nitrogens is 1. The van der Waals surface area contributed by atoms with E-state index in [2.05, 4.69) is 10.3 Å². The number of amidine groups is 1. The fourth-order valence-electron chi connectivity index (χ4n) is 4.32. The van der Waals surface area contributed by atoms with Gasteiger partial charge in [0.1, 0.15) is 11.5 Å². The summed E-state index contributed by atoms with van der Waals surface area (Å²) in [5.41, 5.74) is 3.48. The van der Waals surface area contributed by atoms with Crippen LogP contribution in [0.1, 0.15) is 37.1 Å². The van der Waals surface area contributed by atoms with Crippen LogP contribution in [0.15, 0.2) is 70.0 Å². The maximum Gasteiger partial charge on any atom is 0.338 e. The van der Waals surface area contributed by atoms with Gasteiger partial charge >= 0.3 is 5.97 Å². The number of fused-ring (bicyclic) bond motifs is 1. The number of methoxy groups -OCH3 is 3. The molecule has 1 atom stereocenters. The highest BCUT2D eigenvalue weighted by Gasteiger charge is 2.41. The molecule has 1 aromatic heterocycles. The van der Waals surface area contributed by atoms with Crippen molar-refractivity contribution in [2.24, 2.45) is 4.99 Å². The molecule has 2 aromatic rings. The molecule has 0 fully saturated rings. The van der Waals surface area contributed by atoms with Crippen LogP contribution in [0.25, 0.3) is 0 Å². The van der Waals surface area contributed by atoms with Crippen LogP contribution in [0.2, 0.25) is 0 Å². The lowest BCUT2D eigenvalue weighted by atomic mass is 9.92. The number of carbonyl (C=O) groups is 2. The number of carbonyl (C=O) groups excluding carboxylic acids is 2. The Morgan fingerprint density at radius 3 is 2.49 bits per heavy atom. The molecule has 10 heteroatoms. The van der Waals surface area contributed by atoms with Crippen molar-refractivity contribution in [2.75, 3.05) is 27.9 Å². The summed E-state index contributed by atoms with van der Waals surface area (Å²) in [5.74, 6) is 0.578. The van der Waals surface area contributed by atoms with Gasteiger partial charge in [-0.25, -0.2) is 9.79 Å². The Morgan fingerprint density at radius 1 is 1.11 bits per heavy atom. The Bertz CT molecular complexity index is 1240. The molecule has 1 amide bonds. The van der Waals surface area contributed by atoms with Crippen LogP contribution in [-0.4, -0.2) is 54.8 Å². The van der Waals surface area contributed by atoms with Gasteiger partial charge in [0.05, 0.1) is 45.1 Å². The average Bonchev–Trinajstić information content (AvgIpc) is 3.33. The van der Waals surface area contributed by atoms with Gasteiger partial charge < -0.3 is 24.4 Å². The lowest BCUT2D eigenvalue weighted by Crippen LogP contribution is -2.38. The van der Waals surface area contributed by atoms with E-state index in [1.54, 1.807) is 26.5 Å². The molecule has 4 rings (SSSR count). The van der Waals surface area contributed by atoms with Crippen LogP contribution in [0, 0.1) is 0 Å². The van der Waals surface area contributed by atoms with Crippen LogP contribution < -0.4 is 14.8 Å². The maximum atomic E-state index is 13.1. The number of benzene rings is 1. The Balaban J connectivity index is 1.64. The van der Waals surface area contributed by atoms with Crippen LogP contribution >= 0.6 is 11.8 Å².